The molecule has 1 saturated heterocycles. The molecular weight excluding hydrogens is 326 g/mol. The number of imidazole rings is 1. The molecule has 0 aromatic carbocycles. The first-order chi connectivity index (χ1) is 12.6. The Labute approximate surface area is 155 Å². The van der Waals surface area contributed by atoms with Crippen molar-refractivity contribution in [3.05, 3.63) is 29.5 Å². The van der Waals surface area contributed by atoms with Gasteiger partial charge >= 0.3 is 0 Å². The fraction of sp³-hybridized carbons (Fsp3) is 0.632. The summed E-state index contributed by atoms with van der Waals surface area (Å²) in [5, 5.41) is 0. The first-order valence-corrected chi connectivity index (χ1v) is 9.76. The second-order valence-corrected chi connectivity index (χ2v) is 7.56. The van der Waals surface area contributed by atoms with Crippen LogP contribution in [0.4, 0.5) is 11.8 Å². The molecule has 4 rings (SSSR count). The summed E-state index contributed by atoms with van der Waals surface area (Å²) in [7, 11) is 0. The lowest BCUT2D eigenvalue weighted by Gasteiger charge is -2.51. The van der Waals surface area contributed by atoms with Crippen molar-refractivity contribution in [1.82, 2.24) is 24.8 Å². The fourth-order valence-electron chi connectivity index (χ4n) is 4.59. The van der Waals surface area contributed by atoms with Crippen LogP contribution in [0.3, 0.4) is 0 Å². The highest BCUT2D eigenvalue weighted by Gasteiger charge is 2.46. The Bertz CT molecular complexity index is 741. The number of nitrogens with two attached hydrogens (primary N) is 1. The van der Waals surface area contributed by atoms with Crippen molar-refractivity contribution in [1.29, 1.82) is 0 Å². The van der Waals surface area contributed by atoms with Crippen LogP contribution >= 0.6 is 0 Å². The molecule has 2 aromatic heterocycles. The van der Waals surface area contributed by atoms with Crippen molar-refractivity contribution < 1.29 is 0 Å². The number of piperidine rings is 1. The number of nitrogens with zero attached hydrogens (tertiary/aromatic N) is 5. The quantitative estimate of drug-likeness (QED) is 0.875. The lowest BCUT2D eigenvalue weighted by molar-refractivity contribution is 0.0431. The number of nitrogen functional groups attached to an aromatic ring is 1. The molecule has 7 nitrogen and oxygen atoms in total. The first-order valence-electron chi connectivity index (χ1n) is 9.76. The van der Waals surface area contributed by atoms with Gasteiger partial charge in [-0.1, -0.05) is 13.3 Å². The topological polar surface area (TPSA) is 87.0 Å². The third kappa shape index (κ3) is 2.94. The largest absolute Gasteiger partial charge is 0.368 e. The number of aromatic nitrogens is 4. The highest BCUT2D eigenvalue weighted by Crippen LogP contribution is 2.42. The minimum absolute atomic E-state index is 0.0624. The minimum atomic E-state index is 0.0624. The summed E-state index contributed by atoms with van der Waals surface area (Å²) in [4.78, 5) is 21.8. The average molecular weight is 355 g/mol. The number of hydrogen-bond acceptors (Lipinski definition) is 6. The Kier molecular flexibility index (Phi) is 4.56. The summed E-state index contributed by atoms with van der Waals surface area (Å²) in [6, 6.07) is 2.03. The number of aromatic amines is 1. The van der Waals surface area contributed by atoms with Gasteiger partial charge in [0.15, 0.2) is 0 Å². The Morgan fingerprint density at radius 2 is 2.04 bits per heavy atom. The summed E-state index contributed by atoms with van der Waals surface area (Å²) >= 11 is 0. The summed E-state index contributed by atoms with van der Waals surface area (Å²) in [6.07, 6.45) is 7.55. The summed E-state index contributed by atoms with van der Waals surface area (Å²) in [6.45, 7) is 8.43. The summed E-state index contributed by atoms with van der Waals surface area (Å²) in [5.74, 6) is 1.31. The molecule has 2 aromatic rings. The monoisotopic (exact) mass is 355 g/mol. The molecule has 0 unspecified atom stereocenters. The van der Waals surface area contributed by atoms with E-state index in [1.165, 1.54) is 24.2 Å². The zero-order valence-electron chi connectivity index (χ0n) is 15.8. The molecule has 140 valence electrons. The Morgan fingerprint density at radius 3 is 2.77 bits per heavy atom. The predicted octanol–water partition coefficient (Wildman–Crippen LogP) is 2.24. The first kappa shape index (κ1) is 17.3. The van der Waals surface area contributed by atoms with Gasteiger partial charge in [-0.15, -0.1) is 0 Å². The van der Waals surface area contributed by atoms with E-state index in [1.807, 2.05) is 19.3 Å². The lowest BCUT2D eigenvalue weighted by atomic mass is 9.78. The average Bonchev–Trinajstić information content (AvgIpc) is 3.11. The van der Waals surface area contributed by atoms with Gasteiger partial charge in [0.1, 0.15) is 5.82 Å². The van der Waals surface area contributed by atoms with Crippen LogP contribution < -0.4 is 10.6 Å². The van der Waals surface area contributed by atoms with Gasteiger partial charge in [-0.3, -0.25) is 4.90 Å². The van der Waals surface area contributed by atoms with Crippen molar-refractivity contribution in [2.45, 2.75) is 51.5 Å². The Morgan fingerprint density at radius 1 is 1.23 bits per heavy atom. The highest BCUT2D eigenvalue weighted by molar-refractivity contribution is 5.44. The molecular formula is C19H29N7. The van der Waals surface area contributed by atoms with E-state index < -0.39 is 0 Å². The molecule has 2 aliphatic rings. The van der Waals surface area contributed by atoms with E-state index in [4.69, 9.17) is 10.7 Å². The normalized spacial score (nSPS) is 19.7. The number of H-pyrrole nitrogens is 1. The van der Waals surface area contributed by atoms with Gasteiger partial charge in [-0.05, 0) is 32.7 Å². The molecule has 1 fully saturated rings. The molecule has 0 saturated carbocycles. The number of fused-ring (bicyclic) bond motifs is 2. The zero-order valence-corrected chi connectivity index (χ0v) is 15.8. The van der Waals surface area contributed by atoms with Crippen LogP contribution in [0.5, 0.6) is 0 Å². The molecule has 0 amide bonds. The number of aryl methyl sites for hydroxylation is 1. The van der Waals surface area contributed by atoms with Crippen LogP contribution in [-0.2, 0) is 12.0 Å². The van der Waals surface area contributed by atoms with Gasteiger partial charge in [0.2, 0.25) is 5.95 Å². The van der Waals surface area contributed by atoms with Crippen LogP contribution in [0.1, 0.15) is 49.7 Å². The number of hydrogen-bond donors (Lipinski definition) is 2. The maximum atomic E-state index is 5.86. The molecule has 7 heteroatoms. The number of rotatable bonds is 4. The summed E-state index contributed by atoms with van der Waals surface area (Å²) in [5.41, 5.74) is 9.44. The third-order valence-corrected chi connectivity index (χ3v) is 5.95. The fourth-order valence-corrected chi connectivity index (χ4v) is 4.59. The minimum Gasteiger partial charge on any atom is -0.368 e. The van der Waals surface area contributed by atoms with Gasteiger partial charge in [0, 0.05) is 43.5 Å². The molecule has 2 aliphatic heterocycles. The van der Waals surface area contributed by atoms with E-state index in [0.29, 0.717) is 5.95 Å². The predicted molar refractivity (Wildman–Crippen MR) is 103 cm³/mol. The second kappa shape index (κ2) is 6.87. The standard InChI is InChI=1S/C19H29N7/c1-3-4-8-26-9-5-15-17(22-13-21-15)19(26)6-10-25(11-7-19)16-12-14(2)23-18(20)24-16/h12-13H,3-11H2,1-2H3,(H,21,22)(H2,20,23,24). The second-order valence-electron chi connectivity index (χ2n) is 7.56. The molecule has 0 bridgehead atoms. The third-order valence-electron chi connectivity index (χ3n) is 5.95. The molecule has 3 N–H and O–H groups in total. The highest BCUT2D eigenvalue weighted by atomic mass is 15.3. The van der Waals surface area contributed by atoms with E-state index >= 15 is 0 Å². The van der Waals surface area contributed by atoms with Crippen molar-refractivity contribution in [2.24, 2.45) is 0 Å². The maximum absolute atomic E-state index is 5.86. The number of unbranched alkanes of at least 4 members (excludes halogenated alkanes) is 1. The van der Waals surface area contributed by atoms with Gasteiger partial charge in [0.25, 0.3) is 0 Å². The van der Waals surface area contributed by atoms with E-state index in [0.717, 1.165) is 57.0 Å². The van der Waals surface area contributed by atoms with Crippen molar-refractivity contribution >= 4 is 11.8 Å². The maximum Gasteiger partial charge on any atom is 0.222 e. The Balaban J connectivity index is 1.58. The number of anilines is 2. The Hall–Kier alpha value is -2.15. The van der Waals surface area contributed by atoms with Gasteiger partial charge in [-0.2, -0.15) is 4.98 Å². The van der Waals surface area contributed by atoms with E-state index in [1.54, 1.807) is 0 Å². The molecule has 4 heterocycles. The molecule has 26 heavy (non-hydrogen) atoms. The van der Waals surface area contributed by atoms with Gasteiger partial charge in [0.05, 0.1) is 17.6 Å². The molecule has 0 aliphatic carbocycles. The van der Waals surface area contributed by atoms with Gasteiger partial charge in [-0.25, -0.2) is 9.97 Å². The van der Waals surface area contributed by atoms with E-state index in [-0.39, 0.29) is 5.54 Å². The van der Waals surface area contributed by atoms with Crippen LogP contribution in [0.2, 0.25) is 0 Å². The van der Waals surface area contributed by atoms with Crippen molar-refractivity contribution in [3.8, 4) is 0 Å². The molecule has 0 radical (unpaired) electrons. The van der Waals surface area contributed by atoms with E-state index in [2.05, 4.69) is 31.7 Å². The van der Waals surface area contributed by atoms with Crippen LogP contribution in [0, 0.1) is 6.92 Å². The summed E-state index contributed by atoms with van der Waals surface area (Å²) < 4.78 is 0. The van der Waals surface area contributed by atoms with Gasteiger partial charge < -0.3 is 15.6 Å². The van der Waals surface area contributed by atoms with Crippen molar-refractivity contribution in [3.63, 3.8) is 0 Å². The van der Waals surface area contributed by atoms with Crippen LogP contribution in [0.25, 0.3) is 0 Å². The smallest absolute Gasteiger partial charge is 0.222 e. The van der Waals surface area contributed by atoms with Crippen molar-refractivity contribution in [2.75, 3.05) is 36.8 Å². The van der Waals surface area contributed by atoms with Crippen LogP contribution in [0.15, 0.2) is 12.4 Å². The van der Waals surface area contributed by atoms with E-state index in [9.17, 15) is 0 Å². The lowest BCUT2D eigenvalue weighted by Crippen LogP contribution is -2.56. The molecule has 0 atom stereocenters. The van der Waals surface area contributed by atoms with Crippen LogP contribution in [-0.4, -0.2) is 51.0 Å². The molecule has 1 spiro atoms. The zero-order chi connectivity index (χ0) is 18.1. The number of nitrogens with one attached hydrogen (secondary N) is 1. The SMILES string of the molecule is CCCCN1CCc2[nH]cnc2C12CCN(c1cc(C)nc(N)n1)CC2.